The summed E-state index contributed by atoms with van der Waals surface area (Å²) in [6.07, 6.45) is 0.296. The van der Waals surface area contributed by atoms with Gasteiger partial charge in [-0.3, -0.25) is 4.79 Å². The summed E-state index contributed by atoms with van der Waals surface area (Å²) in [6.45, 7) is 3.02. The maximum atomic E-state index is 11.4. The van der Waals surface area contributed by atoms with Gasteiger partial charge in [-0.25, -0.2) is 0 Å². The highest BCUT2D eigenvalue weighted by atomic mass is 16.7. The Bertz CT molecular complexity index is 433. The second-order valence-electron chi connectivity index (χ2n) is 4.00. The number of methoxy groups -OCH3 is 1. The van der Waals surface area contributed by atoms with Gasteiger partial charge in [0.05, 0.1) is 13.5 Å². The highest BCUT2D eigenvalue weighted by Gasteiger charge is 2.19. The number of hydrogen-bond donors (Lipinski definition) is 1. The van der Waals surface area contributed by atoms with Crippen LogP contribution in [-0.2, 0) is 9.53 Å². The summed E-state index contributed by atoms with van der Waals surface area (Å²) in [5, 5.41) is 3.26. The summed E-state index contributed by atoms with van der Waals surface area (Å²) in [5.41, 5.74) is 0.992. The van der Waals surface area contributed by atoms with Gasteiger partial charge in [0.25, 0.3) is 0 Å². The summed E-state index contributed by atoms with van der Waals surface area (Å²) in [7, 11) is 1.39. The van der Waals surface area contributed by atoms with Crippen molar-refractivity contribution in [2.45, 2.75) is 19.4 Å². The van der Waals surface area contributed by atoms with Gasteiger partial charge in [-0.2, -0.15) is 0 Å². The van der Waals surface area contributed by atoms with Gasteiger partial charge in [0.1, 0.15) is 0 Å². The molecule has 0 bridgehead atoms. The van der Waals surface area contributed by atoms with Crippen molar-refractivity contribution in [3.05, 3.63) is 23.8 Å². The van der Waals surface area contributed by atoms with E-state index in [9.17, 15) is 4.79 Å². The third-order valence-corrected chi connectivity index (χ3v) is 2.85. The van der Waals surface area contributed by atoms with E-state index in [1.165, 1.54) is 7.11 Å². The van der Waals surface area contributed by atoms with Crippen molar-refractivity contribution in [1.29, 1.82) is 0 Å². The molecule has 98 valence electrons. The van der Waals surface area contributed by atoms with Gasteiger partial charge in [-0.05, 0) is 24.2 Å². The van der Waals surface area contributed by atoms with Crippen LogP contribution in [0.4, 0.5) is 0 Å². The van der Waals surface area contributed by atoms with Gasteiger partial charge in [-0.15, -0.1) is 0 Å². The second kappa shape index (κ2) is 5.73. The molecule has 1 aromatic rings. The largest absolute Gasteiger partial charge is 0.469 e. The summed E-state index contributed by atoms with van der Waals surface area (Å²) in [6, 6.07) is 5.62. The van der Waals surface area contributed by atoms with Crippen LogP contribution in [0.1, 0.15) is 24.9 Å². The van der Waals surface area contributed by atoms with Gasteiger partial charge in [-0.1, -0.05) is 13.0 Å². The fraction of sp³-hybridized carbons (Fsp3) is 0.462. The van der Waals surface area contributed by atoms with Crippen molar-refractivity contribution < 1.29 is 19.0 Å². The minimum absolute atomic E-state index is 0.0723. The van der Waals surface area contributed by atoms with E-state index in [2.05, 4.69) is 5.32 Å². The number of nitrogens with one attached hydrogen (secondary N) is 1. The highest BCUT2D eigenvalue weighted by Crippen LogP contribution is 2.34. The number of carbonyl (C=O) groups is 1. The fourth-order valence-electron chi connectivity index (χ4n) is 1.93. The molecule has 5 heteroatoms. The van der Waals surface area contributed by atoms with E-state index in [0.29, 0.717) is 6.42 Å². The Morgan fingerprint density at radius 1 is 1.44 bits per heavy atom. The first-order valence-corrected chi connectivity index (χ1v) is 5.94. The van der Waals surface area contributed by atoms with Crippen LogP contribution in [0, 0.1) is 0 Å². The van der Waals surface area contributed by atoms with Crippen LogP contribution in [-0.4, -0.2) is 26.4 Å². The second-order valence-corrected chi connectivity index (χ2v) is 4.00. The molecular formula is C13H17NO4. The molecule has 0 spiro atoms. The smallest absolute Gasteiger partial charge is 0.307 e. The van der Waals surface area contributed by atoms with Crippen molar-refractivity contribution in [2.75, 3.05) is 20.4 Å². The molecule has 0 radical (unpaired) electrons. The molecule has 1 aromatic carbocycles. The molecule has 18 heavy (non-hydrogen) atoms. The fourth-order valence-corrected chi connectivity index (χ4v) is 1.93. The van der Waals surface area contributed by atoms with E-state index in [4.69, 9.17) is 14.2 Å². The topological polar surface area (TPSA) is 56.8 Å². The van der Waals surface area contributed by atoms with Gasteiger partial charge in [0.2, 0.25) is 6.79 Å². The molecule has 0 fully saturated rings. The average molecular weight is 251 g/mol. The Morgan fingerprint density at radius 3 is 2.94 bits per heavy atom. The summed E-state index contributed by atoms with van der Waals surface area (Å²) in [4.78, 5) is 11.4. The van der Waals surface area contributed by atoms with Crippen LogP contribution in [0.5, 0.6) is 11.5 Å². The minimum Gasteiger partial charge on any atom is -0.469 e. The van der Waals surface area contributed by atoms with Gasteiger partial charge < -0.3 is 19.5 Å². The molecule has 0 aromatic heterocycles. The third kappa shape index (κ3) is 2.73. The molecule has 1 N–H and O–H groups in total. The number of hydrogen-bond acceptors (Lipinski definition) is 5. The first kappa shape index (κ1) is 12.7. The van der Waals surface area contributed by atoms with E-state index >= 15 is 0 Å². The predicted molar refractivity (Wildman–Crippen MR) is 65.6 cm³/mol. The molecule has 1 atom stereocenters. The quantitative estimate of drug-likeness (QED) is 0.806. The normalized spacial score (nSPS) is 14.3. The Morgan fingerprint density at radius 2 is 2.22 bits per heavy atom. The van der Waals surface area contributed by atoms with E-state index in [0.717, 1.165) is 23.6 Å². The number of fused-ring (bicyclic) bond motifs is 1. The number of benzene rings is 1. The lowest BCUT2D eigenvalue weighted by atomic mass is 10.0. The van der Waals surface area contributed by atoms with Crippen molar-refractivity contribution in [3.63, 3.8) is 0 Å². The third-order valence-electron chi connectivity index (χ3n) is 2.85. The lowest BCUT2D eigenvalue weighted by molar-refractivity contribution is -0.141. The molecule has 0 saturated carbocycles. The van der Waals surface area contributed by atoms with Crippen LogP contribution >= 0.6 is 0 Å². The Labute approximate surface area is 106 Å². The van der Waals surface area contributed by atoms with Crippen LogP contribution < -0.4 is 14.8 Å². The average Bonchev–Trinajstić information content (AvgIpc) is 2.85. The molecule has 0 aliphatic carbocycles. The number of rotatable bonds is 5. The molecule has 1 unspecified atom stereocenters. The highest BCUT2D eigenvalue weighted by molar-refractivity contribution is 5.70. The number of esters is 1. The lowest BCUT2D eigenvalue weighted by Gasteiger charge is -2.17. The maximum Gasteiger partial charge on any atom is 0.307 e. The Kier molecular flexibility index (Phi) is 4.04. The zero-order valence-corrected chi connectivity index (χ0v) is 10.6. The number of carbonyl (C=O) groups excluding carboxylic acids is 1. The minimum atomic E-state index is -0.237. The van der Waals surface area contributed by atoms with Crippen LogP contribution in [0.15, 0.2) is 18.2 Å². The monoisotopic (exact) mass is 251 g/mol. The first-order chi connectivity index (χ1) is 8.74. The van der Waals surface area contributed by atoms with Gasteiger partial charge >= 0.3 is 5.97 Å². The summed E-state index contributed by atoms with van der Waals surface area (Å²) < 4.78 is 15.3. The molecular weight excluding hydrogens is 234 g/mol. The van der Waals surface area contributed by atoms with Crippen molar-refractivity contribution >= 4 is 5.97 Å². The predicted octanol–water partition coefficient (Wildman–Crippen LogP) is 1.63. The summed E-state index contributed by atoms with van der Waals surface area (Å²) in [5.74, 6) is 1.23. The van der Waals surface area contributed by atoms with Crippen LogP contribution in [0.2, 0.25) is 0 Å². The van der Waals surface area contributed by atoms with Gasteiger partial charge in [0, 0.05) is 6.04 Å². The molecule has 1 aliphatic rings. The van der Waals surface area contributed by atoms with E-state index in [1.807, 2.05) is 25.1 Å². The molecule has 0 amide bonds. The molecule has 0 saturated heterocycles. The zero-order valence-electron chi connectivity index (χ0n) is 10.6. The molecule has 1 aliphatic heterocycles. The van der Waals surface area contributed by atoms with E-state index < -0.39 is 0 Å². The summed E-state index contributed by atoms with van der Waals surface area (Å²) >= 11 is 0. The van der Waals surface area contributed by atoms with Crippen molar-refractivity contribution in [1.82, 2.24) is 5.32 Å². The molecule has 2 rings (SSSR count). The van der Waals surface area contributed by atoms with Crippen molar-refractivity contribution in [2.24, 2.45) is 0 Å². The van der Waals surface area contributed by atoms with E-state index in [-0.39, 0.29) is 18.8 Å². The first-order valence-electron chi connectivity index (χ1n) is 5.94. The van der Waals surface area contributed by atoms with E-state index in [1.54, 1.807) is 0 Å². The van der Waals surface area contributed by atoms with Crippen molar-refractivity contribution in [3.8, 4) is 11.5 Å². The van der Waals surface area contributed by atoms with Crippen LogP contribution in [0.25, 0.3) is 0 Å². The standard InChI is InChI=1S/C13H17NO4/c1-3-14-10(7-13(15)16-2)9-4-5-11-12(6-9)18-8-17-11/h4-6,10,14H,3,7-8H2,1-2H3. The maximum absolute atomic E-state index is 11.4. The number of ether oxygens (including phenoxy) is 3. The lowest BCUT2D eigenvalue weighted by Crippen LogP contribution is -2.24. The molecule has 5 nitrogen and oxygen atoms in total. The van der Waals surface area contributed by atoms with Gasteiger partial charge in [0.15, 0.2) is 11.5 Å². The Balaban J connectivity index is 2.17. The SMILES string of the molecule is CCNC(CC(=O)OC)c1ccc2c(c1)OCO2. The molecule has 1 heterocycles. The van der Waals surface area contributed by atoms with Crippen LogP contribution in [0.3, 0.4) is 0 Å². The Hall–Kier alpha value is -1.75. The zero-order chi connectivity index (χ0) is 13.0.